The molecule has 0 atom stereocenters. The molecular formula is C18H19ClFN3O4S. The van der Waals surface area contributed by atoms with Crippen LogP contribution in [0.25, 0.3) is 0 Å². The van der Waals surface area contributed by atoms with E-state index in [1.54, 1.807) is 12.1 Å². The zero-order chi connectivity index (χ0) is 20.1. The number of benzene rings is 2. The van der Waals surface area contributed by atoms with Crippen LogP contribution in [-0.2, 0) is 19.6 Å². The molecule has 3 rings (SSSR count). The molecule has 2 N–H and O–H groups in total. The number of morpholine rings is 1. The lowest BCUT2D eigenvalue weighted by atomic mass is 10.3. The summed E-state index contributed by atoms with van der Waals surface area (Å²) in [6, 6.07) is 10.1. The van der Waals surface area contributed by atoms with E-state index in [0.29, 0.717) is 37.7 Å². The lowest BCUT2D eigenvalue weighted by molar-refractivity contribution is -0.114. The second-order valence-electron chi connectivity index (χ2n) is 6.07. The van der Waals surface area contributed by atoms with E-state index in [1.807, 2.05) is 0 Å². The fourth-order valence-electron chi connectivity index (χ4n) is 2.66. The molecule has 0 spiro atoms. The second kappa shape index (κ2) is 8.87. The first-order valence-electron chi connectivity index (χ1n) is 8.53. The molecule has 0 bridgehead atoms. The molecule has 150 valence electrons. The SMILES string of the molecule is O=C(CNc1ccc(F)c(Cl)c1)Nc1cccc(S(=O)(=O)N2CCOCC2)c1. The molecule has 28 heavy (non-hydrogen) atoms. The number of carbonyl (C=O) groups excluding carboxylic acids is 1. The highest BCUT2D eigenvalue weighted by Crippen LogP contribution is 2.21. The van der Waals surface area contributed by atoms with Crippen molar-refractivity contribution in [3.63, 3.8) is 0 Å². The van der Waals surface area contributed by atoms with E-state index < -0.39 is 15.8 Å². The van der Waals surface area contributed by atoms with Crippen LogP contribution < -0.4 is 10.6 Å². The Bertz CT molecular complexity index is 965. The number of nitrogens with zero attached hydrogens (tertiary/aromatic N) is 1. The molecule has 1 aliphatic rings. The Morgan fingerprint density at radius 2 is 1.89 bits per heavy atom. The van der Waals surface area contributed by atoms with Gasteiger partial charge in [-0.1, -0.05) is 17.7 Å². The van der Waals surface area contributed by atoms with Crippen LogP contribution >= 0.6 is 11.6 Å². The minimum atomic E-state index is -3.65. The minimum Gasteiger partial charge on any atom is -0.379 e. The number of anilines is 2. The van der Waals surface area contributed by atoms with Gasteiger partial charge in [-0.05, 0) is 36.4 Å². The first-order chi connectivity index (χ1) is 13.4. The van der Waals surface area contributed by atoms with Crippen molar-refractivity contribution in [2.24, 2.45) is 0 Å². The van der Waals surface area contributed by atoms with Gasteiger partial charge in [0.2, 0.25) is 15.9 Å². The zero-order valence-corrected chi connectivity index (χ0v) is 16.4. The van der Waals surface area contributed by atoms with Crippen LogP contribution in [-0.4, -0.2) is 51.5 Å². The normalized spacial score (nSPS) is 15.2. The van der Waals surface area contributed by atoms with E-state index >= 15 is 0 Å². The van der Waals surface area contributed by atoms with Crippen molar-refractivity contribution in [3.8, 4) is 0 Å². The topological polar surface area (TPSA) is 87.7 Å². The van der Waals surface area contributed by atoms with Crippen molar-refractivity contribution in [1.29, 1.82) is 0 Å². The van der Waals surface area contributed by atoms with E-state index in [4.69, 9.17) is 16.3 Å². The molecule has 1 saturated heterocycles. The first kappa shape index (κ1) is 20.5. The Kier molecular flexibility index (Phi) is 6.50. The Morgan fingerprint density at radius 1 is 1.14 bits per heavy atom. The highest BCUT2D eigenvalue weighted by atomic mass is 35.5. The van der Waals surface area contributed by atoms with Gasteiger partial charge in [0, 0.05) is 24.5 Å². The van der Waals surface area contributed by atoms with Crippen molar-refractivity contribution in [1.82, 2.24) is 4.31 Å². The number of nitrogens with one attached hydrogen (secondary N) is 2. The Hall–Kier alpha value is -2.20. The number of halogens is 2. The number of rotatable bonds is 6. The van der Waals surface area contributed by atoms with Gasteiger partial charge in [-0.25, -0.2) is 12.8 Å². The van der Waals surface area contributed by atoms with Gasteiger partial charge >= 0.3 is 0 Å². The van der Waals surface area contributed by atoms with Gasteiger partial charge in [0.05, 0.1) is 29.7 Å². The van der Waals surface area contributed by atoms with Crippen LogP contribution in [0.4, 0.5) is 15.8 Å². The smallest absolute Gasteiger partial charge is 0.243 e. The number of carbonyl (C=O) groups is 1. The maximum Gasteiger partial charge on any atom is 0.243 e. The first-order valence-corrected chi connectivity index (χ1v) is 10.3. The number of hydrogen-bond acceptors (Lipinski definition) is 5. The van der Waals surface area contributed by atoms with Crippen molar-refractivity contribution in [3.05, 3.63) is 53.3 Å². The molecule has 0 saturated carbocycles. The van der Waals surface area contributed by atoms with Gasteiger partial charge in [0.1, 0.15) is 5.82 Å². The predicted octanol–water partition coefficient (Wildman–Crippen LogP) is 2.55. The molecule has 0 aliphatic carbocycles. The molecule has 10 heteroatoms. The van der Waals surface area contributed by atoms with Crippen LogP contribution in [0.3, 0.4) is 0 Å². The largest absolute Gasteiger partial charge is 0.379 e. The summed E-state index contributed by atoms with van der Waals surface area (Å²) in [5.41, 5.74) is 0.850. The quantitative estimate of drug-likeness (QED) is 0.739. The molecule has 0 aromatic heterocycles. The lowest BCUT2D eigenvalue weighted by Gasteiger charge is -2.26. The molecule has 1 amide bonds. The average Bonchev–Trinajstić information content (AvgIpc) is 2.70. The summed E-state index contributed by atoms with van der Waals surface area (Å²) >= 11 is 5.70. The fraction of sp³-hybridized carbons (Fsp3) is 0.278. The molecule has 2 aromatic rings. The van der Waals surface area contributed by atoms with Crippen LogP contribution in [0.1, 0.15) is 0 Å². The Balaban J connectivity index is 1.63. The number of sulfonamides is 1. The Morgan fingerprint density at radius 3 is 2.61 bits per heavy atom. The van der Waals surface area contributed by atoms with Crippen molar-refractivity contribution in [2.75, 3.05) is 43.5 Å². The fourth-order valence-corrected chi connectivity index (χ4v) is 4.30. The van der Waals surface area contributed by atoms with Gasteiger partial charge in [0.15, 0.2) is 0 Å². The summed E-state index contributed by atoms with van der Waals surface area (Å²) in [5, 5.41) is 5.41. The zero-order valence-electron chi connectivity index (χ0n) is 14.8. The molecule has 1 heterocycles. The number of hydrogen-bond donors (Lipinski definition) is 2. The summed E-state index contributed by atoms with van der Waals surface area (Å²) in [6.07, 6.45) is 0. The van der Waals surface area contributed by atoms with Gasteiger partial charge in [-0.2, -0.15) is 4.31 Å². The van der Waals surface area contributed by atoms with E-state index in [-0.39, 0.29) is 22.4 Å². The maximum absolute atomic E-state index is 13.2. The monoisotopic (exact) mass is 427 g/mol. The summed E-state index contributed by atoms with van der Waals surface area (Å²) < 4.78 is 45.1. The highest BCUT2D eigenvalue weighted by molar-refractivity contribution is 7.89. The Labute approximate surface area is 167 Å². The molecule has 0 unspecified atom stereocenters. The number of amides is 1. The molecular weight excluding hydrogens is 409 g/mol. The third-order valence-corrected chi connectivity index (χ3v) is 6.28. The van der Waals surface area contributed by atoms with Crippen molar-refractivity contribution < 1.29 is 22.3 Å². The van der Waals surface area contributed by atoms with Crippen molar-refractivity contribution in [2.45, 2.75) is 4.90 Å². The predicted molar refractivity (Wildman–Crippen MR) is 105 cm³/mol. The summed E-state index contributed by atoms with van der Waals surface area (Å²) in [4.78, 5) is 12.2. The average molecular weight is 428 g/mol. The standard InChI is InChI=1S/C18H19ClFN3O4S/c19-16-11-13(4-5-17(16)20)21-12-18(24)22-14-2-1-3-15(10-14)28(25,26)23-6-8-27-9-7-23/h1-5,10-11,21H,6-9,12H2,(H,22,24). The molecule has 1 aliphatic heterocycles. The van der Waals surface area contributed by atoms with E-state index in [1.165, 1.54) is 34.6 Å². The van der Waals surface area contributed by atoms with E-state index in [0.717, 1.165) is 0 Å². The third kappa shape index (κ3) is 4.99. The van der Waals surface area contributed by atoms with Gasteiger partial charge in [-0.3, -0.25) is 4.79 Å². The molecule has 2 aromatic carbocycles. The van der Waals surface area contributed by atoms with Crippen LogP contribution in [0.2, 0.25) is 5.02 Å². The van der Waals surface area contributed by atoms with E-state index in [2.05, 4.69) is 10.6 Å². The highest BCUT2D eigenvalue weighted by Gasteiger charge is 2.26. The van der Waals surface area contributed by atoms with Crippen LogP contribution in [0.5, 0.6) is 0 Å². The van der Waals surface area contributed by atoms with E-state index in [9.17, 15) is 17.6 Å². The van der Waals surface area contributed by atoms with Crippen LogP contribution in [0.15, 0.2) is 47.4 Å². The minimum absolute atomic E-state index is 0.0496. The summed E-state index contributed by atoms with van der Waals surface area (Å²) in [6.45, 7) is 1.21. The van der Waals surface area contributed by atoms with Gasteiger partial charge in [0.25, 0.3) is 0 Å². The summed E-state index contributed by atoms with van der Waals surface area (Å²) in [7, 11) is -3.65. The van der Waals surface area contributed by atoms with Crippen LogP contribution in [0, 0.1) is 5.82 Å². The van der Waals surface area contributed by atoms with Crippen molar-refractivity contribution >= 4 is 38.9 Å². The molecule has 7 nitrogen and oxygen atoms in total. The number of ether oxygens (including phenoxy) is 1. The summed E-state index contributed by atoms with van der Waals surface area (Å²) in [5.74, 6) is -0.934. The third-order valence-electron chi connectivity index (χ3n) is 4.10. The molecule has 0 radical (unpaired) electrons. The van der Waals surface area contributed by atoms with Gasteiger partial charge < -0.3 is 15.4 Å². The van der Waals surface area contributed by atoms with Gasteiger partial charge in [-0.15, -0.1) is 0 Å². The maximum atomic E-state index is 13.2. The second-order valence-corrected chi connectivity index (χ2v) is 8.42. The lowest BCUT2D eigenvalue weighted by Crippen LogP contribution is -2.40. The molecule has 1 fully saturated rings.